The zero-order valence-corrected chi connectivity index (χ0v) is 14.9. The monoisotopic (exact) mass is 387 g/mol. The van der Waals surface area contributed by atoms with Crippen molar-refractivity contribution in [1.82, 2.24) is 9.55 Å². The molecule has 1 amide bonds. The molecule has 0 aliphatic heterocycles. The van der Waals surface area contributed by atoms with Crippen LogP contribution in [0.5, 0.6) is 11.5 Å². The van der Waals surface area contributed by atoms with E-state index in [9.17, 15) is 18.4 Å². The Balaban J connectivity index is 1.92. The first-order valence-electron chi connectivity index (χ1n) is 8.01. The summed E-state index contributed by atoms with van der Waals surface area (Å²) in [6, 6.07) is 7.50. The lowest BCUT2D eigenvalue weighted by Gasteiger charge is -2.11. The molecule has 0 saturated heterocycles. The lowest BCUT2D eigenvalue weighted by atomic mass is 10.2. The summed E-state index contributed by atoms with van der Waals surface area (Å²) in [6.45, 7) is 0. The van der Waals surface area contributed by atoms with E-state index in [-0.39, 0.29) is 17.1 Å². The van der Waals surface area contributed by atoms with Crippen LogP contribution >= 0.6 is 0 Å². The van der Waals surface area contributed by atoms with Crippen LogP contribution in [0.3, 0.4) is 0 Å². The van der Waals surface area contributed by atoms with E-state index in [1.165, 1.54) is 44.8 Å². The fraction of sp³-hybridized carbons (Fsp3) is 0.105. The Labute approximate surface area is 158 Å². The van der Waals surface area contributed by atoms with Crippen LogP contribution in [-0.2, 0) is 0 Å². The first-order chi connectivity index (χ1) is 13.4. The lowest BCUT2D eigenvalue weighted by molar-refractivity contribution is 0.102. The molecular formula is C19H15F2N3O4. The molecule has 28 heavy (non-hydrogen) atoms. The number of ether oxygens (including phenoxy) is 2. The molecule has 3 aromatic rings. The molecule has 0 radical (unpaired) electrons. The number of nitrogens with one attached hydrogen (secondary N) is 1. The van der Waals surface area contributed by atoms with Crippen LogP contribution in [0.25, 0.3) is 5.69 Å². The predicted molar refractivity (Wildman–Crippen MR) is 97.2 cm³/mol. The van der Waals surface area contributed by atoms with Gasteiger partial charge in [-0.05, 0) is 30.3 Å². The van der Waals surface area contributed by atoms with Crippen LogP contribution in [0.15, 0.2) is 53.6 Å². The molecule has 9 heteroatoms. The lowest BCUT2D eigenvalue weighted by Crippen LogP contribution is -2.26. The van der Waals surface area contributed by atoms with Crippen molar-refractivity contribution in [2.24, 2.45) is 0 Å². The third kappa shape index (κ3) is 3.68. The summed E-state index contributed by atoms with van der Waals surface area (Å²) in [4.78, 5) is 28.9. The largest absolute Gasteiger partial charge is 0.493 e. The van der Waals surface area contributed by atoms with Crippen molar-refractivity contribution in [3.63, 3.8) is 0 Å². The van der Waals surface area contributed by atoms with E-state index in [1.54, 1.807) is 6.07 Å². The Bertz CT molecular complexity index is 1100. The van der Waals surface area contributed by atoms with Crippen molar-refractivity contribution in [1.29, 1.82) is 0 Å². The molecule has 3 rings (SSSR count). The average molecular weight is 387 g/mol. The van der Waals surface area contributed by atoms with Crippen molar-refractivity contribution in [3.05, 3.63) is 76.3 Å². The second-order valence-corrected chi connectivity index (χ2v) is 5.57. The van der Waals surface area contributed by atoms with Gasteiger partial charge in [0.15, 0.2) is 29.0 Å². The first-order valence-corrected chi connectivity index (χ1v) is 8.01. The van der Waals surface area contributed by atoms with Gasteiger partial charge in [0.1, 0.15) is 0 Å². The molecule has 0 atom stereocenters. The Morgan fingerprint density at radius 2 is 1.79 bits per heavy atom. The Hall–Kier alpha value is -3.75. The summed E-state index contributed by atoms with van der Waals surface area (Å²) in [7, 11) is 2.89. The van der Waals surface area contributed by atoms with Crippen molar-refractivity contribution < 1.29 is 23.0 Å². The quantitative estimate of drug-likeness (QED) is 0.728. The van der Waals surface area contributed by atoms with E-state index in [0.717, 1.165) is 16.7 Å². The molecule has 144 valence electrons. The molecule has 0 bridgehead atoms. The number of carbonyl (C=O) groups is 1. The van der Waals surface area contributed by atoms with Crippen LogP contribution in [-0.4, -0.2) is 29.7 Å². The van der Waals surface area contributed by atoms with Gasteiger partial charge in [-0.25, -0.2) is 13.8 Å². The highest BCUT2D eigenvalue weighted by Crippen LogP contribution is 2.27. The molecule has 0 saturated carbocycles. The van der Waals surface area contributed by atoms with Crippen LogP contribution in [0, 0.1) is 11.6 Å². The topological polar surface area (TPSA) is 82.5 Å². The molecule has 1 aromatic heterocycles. The van der Waals surface area contributed by atoms with E-state index in [2.05, 4.69) is 10.3 Å². The Morgan fingerprint density at radius 3 is 2.46 bits per heavy atom. The number of hydrogen-bond donors (Lipinski definition) is 1. The molecule has 1 N–H and O–H groups in total. The number of aromatic nitrogens is 2. The fourth-order valence-electron chi connectivity index (χ4n) is 2.49. The zero-order valence-electron chi connectivity index (χ0n) is 14.9. The number of nitrogens with zero attached hydrogens (tertiary/aromatic N) is 2. The molecule has 7 nitrogen and oxygen atoms in total. The van der Waals surface area contributed by atoms with Gasteiger partial charge >= 0.3 is 0 Å². The molecule has 0 aliphatic rings. The minimum Gasteiger partial charge on any atom is -0.493 e. The Kier molecular flexibility index (Phi) is 5.35. The van der Waals surface area contributed by atoms with E-state index < -0.39 is 23.1 Å². The summed E-state index contributed by atoms with van der Waals surface area (Å²) in [5.74, 6) is -2.22. The van der Waals surface area contributed by atoms with Crippen LogP contribution in [0.4, 0.5) is 14.6 Å². The fourth-order valence-corrected chi connectivity index (χ4v) is 2.49. The summed E-state index contributed by atoms with van der Waals surface area (Å²) in [5, 5.41) is 2.40. The second kappa shape index (κ2) is 7.87. The highest BCUT2D eigenvalue weighted by atomic mass is 19.2. The summed E-state index contributed by atoms with van der Waals surface area (Å²) in [6.07, 6.45) is 2.54. The van der Waals surface area contributed by atoms with Gasteiger partial charge in [-0.1, -0.05) is 0 Å². The third-order valence-corrected chi connectivity index (χ3v) is 3.90. The van der Waals surface area contributed by atoms with Crippen LogP contribution in [0.1, 0.15) is 10.4 Å². The number of hydrogen-bond acceptors (Lipinski definition) is 5. The summed E-state index contributed by atoms with van der Waals surface area (Å²) in [5.41, 5.74) is -0.405. The highest BCUT2D eigenvalue weighted by molar-refractivity contribution is 6.04. The van der Waals surface area contributed by atoms with Gasteiger partial charge in [-0.2, -0.15) is 0 Å². The first kappa shape index (κ1) is 19.0. The number of carbonyl (C=O) groups excluding carboxylic acids is 1. The number of benzene rings is 2. The second-order valence-electron chi connectivity index (χ2n) is 5.57. The highest BCUT2D eigenvalue weighted by Gasteiger charge is 2.15. The smallest absolute Gasteiger partial charge is 0.298 e. The maximum Gasteiger partial charge on any atom is 0.298 e. The summed E-state index contributed by atoms with van der Waals surface area (Å²) >= 11 is 0. The van der Waals surface area contributed by atoms with Gasteiger partial charge in [0.2, 0.25) is 0 Å². The van der Waals surface area contributed by atoms with Crippen molar-refractivity contribution in [3.8, 4) is 17.2 Å². The number of methoxy groups -OCH3 is 2. The molecule has 0 spiro atoms. The van der Waals surface area contributed by atoms with Gasteiger partial charge < -0.3 is 14.8 Å². The molecule has 1 heterocycles. The van der Waals surface area contributed by atoms with Gasteiger partial charge in [-0.3, -0.25) is 14.2 Å². The van der Waals surface area contributed by atoms with Crippen molar-refractivity contribution in [2.75, 3.05) is 19.5 Å². The van der Waals surface area contributed by atoms with E-state index in [0.29, 0.717) is 11.5 Å². The van der Waals surface area contributed by atoms with Crippen LogP contribution < -0.4 is 20.3 Å². The zero-order chi connectivity index (χ0) is 20.3. The van der Waals surface area contributed by atoms with Gasteiger partial charge in [0, 0.05) is 24.0 Å². The van der Waals surface area contributed by atoms with Gasteiger partial charge in [0.05, 0.1) is 19.9 Å². The number of amides is 1. The van der Waals surface area contributed by atoms with E-state index >= 15 is 0 Å². The number of rotatable bonds is 5. The summed E-state index contributed by atoms with van der Waals surface area (Å²) < 4.78 is 37.9. The molecular weight excluding hydrogens is 372 g/mol. The van der Waals surface area contributed by atoms with Gasteiger partial charge in [0.25, 0.3) is 11.5 Å². The Morgan fingerprint density at radius 1 is 1.04 bits per heavy atom. The third-order valence-electron chi connectivity index (χ3n) is 3.90. The molecule has 0 aliphatic carbocycles. The van der Waals surface area contributed by atoms with Crippen LogP contribution in [0.2, 0.25) is 0 Å². The number of halogens is 2. The number of anilines is 1. The minimum absolute atomic E-state index is 0.0907. The van der Waals surface area contributed by atoms with Gasteiger partial charge in [-0.15, -0.1) is 0 Å². The maximum absolute atomic E-state index is 13.5. The predicted octanol–water partition coefficient (Wildman–Crippen LogP) is 2.78. The van der Waals surface area contributed by atoms with Crippen molar-refractivity contribution >= 4 is 11.7 Å². The van der Waals surface area contributed by atoms with E-state index in [4.69, 9.17) is 9.47 Å². The average Bonchev–Trinajstić information content (AvgIpc) is 2.71. The SMILES string of the molecule is COc1ccc(C(=O)Nc2nccn(-c3ccc(F)c(F)c3)c2=O)cc1OC. The molecule has 2 aromatic carbocycles. The standard InChI is InChI=1S/C19H15F2N3O4/c1-27-15-6-3-11(9-16(15)28-2)18(25)23-17-19(26)24(8-7-22-17)12-4-5-13(20)14(21)10-12/h3-10H,1-2H3,(H,22,23,25). The maximum atomic E-state index is 13.5. The minimum atomic E-state index is -1.10. The van der Waals surface area contributed by atoms with E-state index in [1.807, 2.05) is 0 Å². The normalized spacial score (nSPS) is 10.4. The molecule has 0 unspecified atom stereocenters. The molecule has 0 fully saturated rings. The van der Waals surface area contributed by atoms with Crippen molar-refractivity contribution in [2.45, 2.75) is 0 Å².